The summed E-state index contributed by atoms with van der Waals surface area (Å²) in [6.07, 6.45) is 1.59. The van der Waals surface area contributed by atoms with Crippen molar-refractivity contribution in [1.29, 1.82) is 0 Å². The first-order chi connectivity index (χ1) is 11.0. The van der Waals surface area contributed by atoms with Crippen LogP contribution in [0.1, 0.15) is 43.4 Å². The van der Waals surface area contributed by atoms with Gasteiger partial charge in [0.2, 0.25) is 5.91 Å². The molecule has 1 aliphatic heterocycles. The Hall–Kier alpha value is -2.41. The van der Waals surface area contributed by atoms with Crippen LogP contribution < -0.4 is 15.8 Å². The maximum Gasteiger partial charge on any atom is 0.252 e. The van der Waals surface area contributed by atoms with Gasteiger partial charge in [-0.1, -0.05) is 0 Å². The average molecular weight is 331 g/mol. The molecule has 6 nitrogen and oxygen atoms in total. The number of carbonyl (C=O) groups excluding carboxylic acids is 2. The van der Waals surface area contributed by atoms with Gasteiger partial charge in [-0.05, 0) is 31.9 Å². The van der Waals surface area contributed by atoms with E-state index in [-0.39, 0.29) is 11.5 Å². The number of hydrogen-bond acceptors (Lipinski definition) is 5. The van der Waals surface area contributed by atoms with Crippen LogP contribution in [0.2, 0.25) is 0 Å². The average Bonchev–Trinajstić information content (AvgIpc) is 2.97. The Labute approximate surface area is 137 Å². The topological polar surface area (TPSA) is 94.3 Å². The smallest absolute Gasteiger partial charge is 0.252 e. The molecule has 2 heterocycles. The van der Waals surface area contributed by atoms with Gasteiger partial charge in [0.15, 0.2) is 0 Å². The molecule has 1 aliphatic rings. The molecule has 0 saturated carbocycles. The number of nitrogens with one attached hydrogen (secondary N) is 1. The van der Waals surface area contributed by atoms with Crippen molar-refractivity contribution in [3.63, 3.8) is 0 Å². The second-order valence-electron chi connectivity index (χ2n) is 5.38. The van der Waals surface area contributed by atoms with Crippen LogP contribution in [0.15, 0.2) is 17.5 Å². The number of hydrogen-bond donors (Lipinski definition) is 2. The van der Waals surface area contributed by atoms with Gasteiger partial charge in [-0.2, -0.15) is 0 Å². The summed E-state index contributed by atoms with van der Waals surface area (Å²) in [5, 5.41) is 5.62. The molecule has 7 heteroatoms. The summed E-state index contributed by atoms with van der Waals surface area (Å²) in [6.45, 7) is 2.84. The Morgan fingerprint density at radius 1 is 1.43 bits per heavy atom. The first-order valence-electron chi connectivity index (χ1n) is 7.33. The van der Waals surface area contributed by atoms with E-state index in [4.69, 9.17) is 10.5 Å². The fraction of sp³-hybridized carbons (Fsp3) is 0.312. The number of nitrogens with two attached hydrogens (primary N) is 1. The predicted molar refractivity (Wildman–Crippen MR) is 86.8 cm³/mol. The molecule has 3 N–H and O–H groups in total. The summed E-state index contributed by atoms with van der Waals surface area (Å²) in [5.41, 5.74) is 7.84. The summed E-state index contributed by atoms with van der Waals surface area (Å²) in [4.78, 5) is 28.3. The van der Waals surface area contributed by atoms with Crippen molar-refractivity contribution in [1.82, 2.24) is 10.3 Å². The molecule has 0 aliphatic carbocycles. The Morgan fingerprint density at radius 3 is 2.96 bits per heavy atom. The highest BCUT2D eigenvalue weighted by molar-refractivity contribution is 7.09. The SMILES string of the molecule is Cc1csc(CNC(=O)c2cc(C(N)=O)cc3c2CCCO3)n1. The van der Waals surface area contributed by atoms with E-state index in [1.165, 1.54) is 17.4 Å². The Balaban J connectivity index is 1.86. The quantitative estimate of drug-likeness (QED) is 0.893. The van der Waals surface area contributed by atoms with E-state index in [1.54, 1.807) is 6.07 Å². The highest BCUT2D eigenvalue weighted by Gasteiger charge is 2.21. The number of nitrogens with zero attached hydrogens (tertiary/aromatic N) is 1. The third-order valence-electron chi connectivity index (χ3n) is 3.63. The third-order valence-corrected chi connectivity index (χ3v) is 4.60. The fourth-order valence-corrected chi connectivity index (χ4v) is 3.25. The molecular formula is C16H17N3O3S. The van der Waals surface area contributed by atoms with Gasteiger partial charge in [-0.15, -0.1) is 11.3 Å². The molecule has 0 atom stereocenters. The molecule has 120 valence electrons. The molecule has 2 aromatic rings. The number of aryl methyl sites for hydroxylation is 1. The standard InChI is InChI=1S/C16H17N3O3S/c1-9-8-23-14(19-9)7-18-16(21)12-5-10(15(17)20)6-13-11(12)3-2-4-22-13/h5-6,8H,2-4,7H2,1H3,(H2,17,20)(H,18,21). The Kier molecular flexibility index (Phi) is 4.29. The molecular weight excluding hydrogens is 314 g/mol. The second-order valence-corrected chi connectivity index (χ2v) is 6.32. The van der Waals surface area contributed by atoms with Crippen molar-refractivity contribution in [3.8, 4) is 5.75 Å². The normalized spacial score (nSPS) is 13.1. The lowest BCUT2D eigenvalue weighted by atomic mass is 9.96. The zero-order chi connectivity index (χ0) is 16.4. The van der Waals surface area contributed by atoms with Crippen molar-refractivity contribution < 1.29 is 14.3 Å². The van der Waals surface area contributed by atoms with Gasteiger partial charge in [-0.3, -0.25) is 9.59 Å². The molecule has 1 aromatic carbocycles. The van der Waals surface area contributed by atoms with Crippen molar-refractivity contribution in [2.75, 3.05) is 6.61 Å². The summed E-state index contributed by atoms with van der Waals surface area (Å²) in [5.74, 6) is -0.253. The molecule has 0 saturated heterocycles. The summed E-state index contributed by atoms with van der Waals surface area (Å²) < 4.78 is 5.57. The summed E-state index contributed by atoms with van der Waals surface area (Å²) >= 11 is 1.50. The van der Waals surface area contributed by atoms with Crippen molar-refractivity contribution in [2.45, 2.75) is 26.3 Å². The summed E-state index contributed by atoms with van der Waals surface area (Å²) in [6, 6.07) is 3.15. The molecule has 0 spiro atoms. The third kappa shape index (κ3) is 3.34. The minimum atomic E-state index is -0.577. The maximum atomic E-state index is 12.5. The molecule has 0 radical (unpaired) electrons. The molecule has 3 rings (SSSR count). The van der Waals surface area contributed by atoms with E-state index in [2.05, 4.69) is 10.3 Å². The van der Waals surface area contributed by atoms with Crippen molar-refractivity contribution in [3.05, 3.63) is 44.9 Å². The number of aromatic nitrogens is 1. The molecule has 0 unspecified atom stereocenters. The van der Waals surface area contributed by atoms with Crippen LogP contribution in [-0.4, -0.2) is 23.4 Å². The van der Waals surface area contributed by atoms with Gasteiger partial charge in [0, 0.05) is 27.8 Å². The number of ether oxygens (including phenoxy) is 1. The number of carbonyl (C=O) groups is 2. The minimum Gasteiger partial charge on any atom is -0.493 e. The number of primary amides is 1. The lowest BCUT2D eigenvalue weighted by molar-refractivity contribution is 0.0948. The first kappa shape index (κ1) is 15.5. The molecule has 2 amide bonds. The molecule has 23 heavy (non-hydrogen) atoms. The molecule has 0 fully saturated rings. The number of amides is 2. The lowest BCUT2D eigenvalue weighted by Gasteiger charge is -2.20. The van der Waals surface area contributed by atoms with Gasteiger partial charge >= 0.3 is 0 Å². The summed E-state index contributed by atoms with van der Waals surface area (Å²) in [7, 11) is 0. The second kappa shape index (κ2) is 6.37. The Morgan fingerprint density at radius 2 is 2.26 bits per heavy atom. The minimum absolute atomic E-state index is 0.247. The molecule has 0 bridgehead atoms. The van der Waals surface area contributed by atoms with Gasteiger partial charge in [0.25, 0.3) is 5.91 Å². The van der Waals surface area contributed by atoms with Crippen LogP contribution >= 0.6 is 11.3 Å². The monoisotopic (exact) mass is 331 g/mol. The van der Waals surface area contributed by atoms with Crippen LogP contribution in [0.3, 0.4) is 0 Å². The zero-order valence-electron chi connectivity index (χ0n) is 12.7. The van der Waals surface area contributed by atoms with E-state index in [0.29, 0.717) is 24.5 Å². The maximum absolute atomic E-state index is 12.5. The van der Waals surface area contributed by atoms with Crippen molar-refractivity contribution >= 4 is 23.2 Å². The van der Waals surface area contributed by atoms with Crippen LogP contribution in [0, 0.1) is 6.92 Å². The van der Waals surface area contributed by atoms with Crippen LogP contribution in [0.25, 0.3) is 0 Å². The predicted octanol–water partition coefficient (Wildman–Crippen LogP) is 1.81. The van der Waals surface area contributed by atoms with Crippen LogP contribution in [0.4, 0.5) is 0 Å². The highest BCUT2D eigenvalue weighted by Crippen LogP contribution is 2.29. The number of thiazole rings is 1. The lowest BCUT2D eigenvalue weighted by Crippen LogP contribution is -2.26. The number of rotatable bonds is 4. The highest BCUT2D eigenvalue weighted by atomic mass is 32.1. The van der Waals surface area contributed by atoms with E-state index in [1.807, 2.05) is 12.3 Å². The van der Waals surface area contributed by atoms with Gasteiger partial charge in [-0.25, -0.2) is 4.98 Å². The van der Waals surface area contributed by atoms with Crippen molar-refractivity contribution in [2.24, 2.45) is 5.73 Å². The van der Waals surface area contributed by atoms with E-state index in [0.717, 1.165) is 29.1 Å². The first-order valence-corrected chi connectivity index (χ1v) is 8.21. The van der Waals surface area contributed by atoms with Gasteiger partial charge in [0.05, 0.1) is 13.2 Å². The largest absolute Gasteiger partial charge is 0.493 e. The van der Waals surface area contributed by atoms with Gasteiger partial charge in [0.1, 0.15) is 10.8 Å². The van der Waals surface area contributed by atoms with Crippen LogP contribution in [0.5, 0.6) is 5.75 Å². The number of benzene rings is 1. The zero-order valence-corrected chi connectivity index (χ0v) is 13.5. The molecule has 1 aromatic heterocycles. The van der Waals surface area contributed by atoms with E-state index in [9.17, 15) is 9.59 Å². The fourth-order valence-electron chi connectivity index (χ4n) is 2.54. The Bertz CT molecular complexity index is 770. The van der Waals surface area contributed by atoms with E-state index >= 15 is 0 Å². The number of fused-ring (bicyclic) bond motifs is 1. The van der Waals surface area contributed by atoms with Crippen LogP contribution in [-0.2, 0) is 13.0 Å². The van der Waals surface area contributed by atoms with Gasteiger partial charge < -0.3 is 15.8 Å². The van der Waals surface area contributed by atoms with E-state index < -0.39 is 5.91 Å².